The lowest BCUT2D eigenvalue weighted by atomic mass is 10.3. The van der Waals surface area contributed by atoms with Gasteiger partial charge in [-0.05, 0) is 24.3 Å². The number of fused-ring (bicyclic) bond motifs is 2. The first-order valence-corrected chi connectivity index (χ1v) is 7.83. The molecule has 106 valence electrons. The van der Waals surface area contributed by atoms with E-state index in [9.17, 15) is 0 Å². The van der Waals surface area contributed by atoms with Gasteiger partial charge in [-0.2, -0.15) is 0 Å². The molecule has 0 spiro atoms. The molecule has 1 aromatic heterocycles. The number of ether oxygens (including phenoxy) is 2. The van der Waals surface area contributed by atoms with Crippen LogP contribution in [0.5, 0.6) is 11.5 Å². The minimum atomic E-state index is 0.0399. The number of benzene rings is 2. The highest BCUT2D eigenvalue weighted by Crippen LogP contribution is 2.32. The minimum Gasteiger partial charge on any atom is -0.486 e. The van der Waals surface area contributed by atoms with Gasteiger partial charge < -0.3 is 14.5 Å². The molecule has 1 atom stereocenters. The maximum atomic E-state index is 5.94. The predicted molar refractivity (Wildman–Crippen MR) is 83.2 cm³/mol. The van der Waals surface area contributed by atoms with Crippen LogP contribution in [0.2, 0.25) is 0 Å². The lowest BCUT2D eigenvalue weighted by Crippen LogP contribution is -2.31. The number of rotatable bonds is 3. The van der Waals surface area contributed by atoms with Gasteiger partial charge in [0.15, 0.2) is 16.7 Å². The Labute approximate surface area is 126 Å². The number of hydrogen-bond donors (Lipinski definition) is 1. The number of aromatic amines is 1. The number of para-hydroxylation sites is 4. The van der Waals surface area contributed by atoms with Crippen molar-refractivity contribution in [1.82, 2.24) is 9.97 Å². The third kappa shape index (κ3) is 2.56. The number of H-pyrrole nitrogens is 1. The van der Waals surface area contributed by atoms with E-state index in [2.05, 4.69) is 9.97 Å². The Morgan fingerprint density at radius 2 is 1.90 bits per heavy atom. The molecule has 3 aromatic rings. The normalized spacial score (nSPS) is 17.0. The van der Waals surface area contributed by atoms with Crippen molar-refractivity contribution in [2.24, 2.45) is 0 Å². The molecular formula is C16H14N2O2S. The van der Waals surface area contributed by atoms with Gasteiger partial charge in [0.1, 0.15) is 12.7 Å². The molecule has 1 N–H and O–H groups in total. The maximum Gasteiger partial charge on any atom is 0.166 e. The quantitative estimate of drug-likeness (QED) is 0.752. The van der Waals surface area contributed by atoms with E-state index in [1.165, 1.54) is 0 Å². The molecule has 4 rings (SSSR count). The van der Waals surface area contributed by atoms with Crippen LogP contribution in [-0.4, -0.2) is 28.4 Å². The maximum absolute atomic E-state index is 5.94. The highest BCUT2D eigenvalue weighted by Gasteiger charge is 2.21. The Kier molecular flexibility index (Phi) is 3.20. The zero-order valence-electron chi connectivity index (χ0n) is 11.3. The van der Waals surface area contributed by atoms with Crippen molar-refractivity contribution >= 4 is 22.8 Å². The van der Waals surface area contributed by atoms with Gasteiger partial charge in [-0.1, -0.05) is 36.0 Å². The Balaban J connectivity index is 1.43. The molecule has 0 aliphatic carbocycles. The molecule has 1 aliphatic heterocycles. The fourth-order valence-electron chi connectivity index (χ4n) is 2.31. The third-order valence-corrected chi connectivity index (χ3v) is 4.35. The van der Waals surface area contributed by atoms with E-state index in [-0.39, 0.29) is 6.10 Å². The first kappa shape index (κ1) is 12.6. The number of nitrogens with zero attached hydrogens (tertiary/aromatic N) is 1. The largest absolute Gasteiger partial charge is 0.486 e. The molecule has 2 aromatic carbocycles. The van der Waals surface area contributed by atoms with E-state index >= 15 is 0 Å². The Morgan fingerprint density at radius 1 is 1.10 bits per heavy atom. The van der Waals surface area contributed by atoms with Crippen molar-refractivity contribution in [1.29, 1.82) is 0 Å². The SMILES string of the molecule is c1ccc2c(c1)OC[C@@H](CSc1nc3ccccc3[nH]1)O2. The van der Waals surface area contributed by atoms with Crippen LogP contribution in [0.3, 0.4) is 0 Å². The molecule has 0 saturated carbocycles. The van der Waals surface area contributed by atoms with Gasteiger partial charge in [-0.3, -0.25) is 0 Å². The number of thioether (sulfide) groups is 1. The van der Waals surface area contributed by atoms with Gasteiger partial charge in [-0.25, -0.2) is 4.98 Å². The van der Waals surface area contributed by atoms with Crippen molar-refractivity contribution < 1.29 is 9.47 Å². The first-order chi connectivity index (χ1) is 10.4. The fraction of sp³-hybridized carbons (Fsp3) is 0.188. The summed E-state index contributed by atoms with van der Waals surface area (Å²) in [5.74, 6) is 2.44. The summed E-state index contributed by atoms with van der Waals surface area (Å²) in [7, 11) is 0. The lowest BCUT2D eigenvalue weighted by Gasteiger charge is -2.25. The molecule has 0 bridgehead atoms. The van der Waals surface area contributed by atoms with E-state index < -0.39 is 0 Å². The van der Waals surface area contributed by atoms with Gasteiger partial charge in [0.05, 0.1) is 11.0 Å². The number of hydrogen-bond acceptors (Lipinski definition) is 4. The summed E-state index contributed by atoms with van der Waals surface area (Å²) in [6.45, 7) is 0.574. The van der Waals surface area contributed by atoms with E-state index in [0.717, 1.165) is 33.4 Å². The molecule has 4 nitrogen and oxygen atoms in total. The van der Waals surface area contributed by atoms with Crippen LogP contribution in [0, 0.1) is 0 Å². The Hall–Kier alpha value is -2.14. The molecule has 0 fully saturated rings. The van der Waals surface area contributed by atoms with Gasteiger partial charge in [0.25, 0.3) is 0 Å². The van der Waals surface area contributed by atoms with Crippen LogP contribution in [0.25, 0.3) is 11.0 Å². The zero-order chi connectivity index (χ0) is 14.1. The molecule has 5 heteroatoms. The summed E-state index contributed by atoms with van der Waals surface area (Å²) >= 11 is 1.66. The van der Waals surface area contributed by atoms with Crippen LogP contribution >= 0.6 is 11.8 Å². The van der Waals surface area contributed by atoms with Crippen LogP contribution in [-0.2, 0) is 0 Å². The first-order valence-electron chi connectivity index (χ1n) is 6.84. The van der Waals surface area contributed by atoms with Gasteiger partial charge in [-0.15, -0.1) is 0 Å². The third-order valence-electron chi connectivity index (χ3n) is 3.34. The number of imidazole rings is 1. The van der Waals surface area contributed by atoms with Crippen LogP contribution in [0.1, 0.15) is 0 Å². The standard InChI is InChI=1S/C16H14N2O2S/c1-2-6-13-12(5-1)17-16(18-13)21-10-11-9-19-14-7-3-4-8-15(14)20-11/h1-8,11H,9-10H2,(H,17,18)/t11-/m0/s1. The molecule has 0 unspecified atom stereocenters. The average Bonchev–Trinajstić information content (AvgIpc) is 2.95. The van der Waals surface area contributed by atoms with E-state index in [4.69, 9.17) is 9.47 Å². The Morgan fingerprint density at radius 3 is 2.81 bits per heavy atom. The predicted octanol–water partition coefficient (Wildman–Crippen LogP) is 3.50. The lowest BCUT2D eigenvalue weighted by molar-refractivity contribution is 0.107. The van der Waals surface area contributed by atoms with E-state index in [0.29, 0.717) is 6.61 Å². The van der Waals surface area contributed by atoms with Gasteiger partial charge in [0, 0.05) is 5.75 Å². The molecule has 0 saturated heterocycles. The highest BCUT2D eigenvalue weighted by atomic mass is 32.2. The summed E-state index contributed by atoms with van der Waals surface area (Å²) in [4.78, 5) is 7.86. The molecular weight excluding hydrogens is 284 g/mol. The average molecular weight is 298 g/mol. The summed E-state index contributed by atoms with van der Waals surface area (Å²) in [5.41, 5.74) is 2.05. The molecule has 1 aliphatic rings. The van der Waals surface area contributed by atoms with Crippen LogP contribution in [0.4, 0.5) is 0 Å². The molecule has 2 heterocycles. The van der Waals surface area contributed by atoms with Gasteiger partial charge in [0.2, 0.25) is 0 Å². The number of aromatic nitrogens is 2. The second kappa shape index (κ2) is 5.33. The minimum absolute atomic E-state index is 0.0399. The zero-order valence-corrected chi connectivity index (χ0v) is 12.1. The van der Waals surface area contributed by atoms with Crippen molar-refractivity contribution in [3.05, 3.63) is 48.5 Å². The molecule has 0 radical (unpaired) electrons. The second-order valence-corrected chi connectivity index (χ2v) is 5.88. The van der Waals surface area contributed by atoms with E-state index in [1.807, 2.05) is 48.5 Å². The van der Waals surface area contributed by atoms with Crippen molar-refractivity contribution in [3.63, 3.8) is 0 Å². The van der Waals surface area contributed by atoms with Crippen LogP contribution < -0.4 is 9.47 Å². The monoisotopic (exact) mass is 298 g/mol. The molecule has 21 heavy (non-hydrogen) atoms. The summed E-state index contributed by atoms with van der Waals surface area (Å²) in [6, 6.07) is 15.8. The summed E-state index contributed by atoms with van der Waals surface area (Å²) in [5, 5.41) is 0.915. The smallest absolute Gasteiger partial charge is 0.166 e. The molecule has 0 amide bonds. The topological polar surface area (TPSA) is 47.1 Å². The summed E-state index contributed by atoms with van der Waals surface area (Å²) in [6.07, 6.45) is 0.0399. The van der Waals surface area contributed by atoms with E-state index in [1.54, 1.807) is 11.8 Å². The number of nitrogens with one attached hydrogen (secondary N) is 1. The Bertz CT molecular complexity index is 739. The summed E-state index contributed by atoms with van der Waals surface area (Å²) < 4.78 is 11.7. The van der Waals surface area contributed by atoms with Crippen molar-refractivity contribution in [2.45, 2.75) is 11.3 Å². The van der Waals surface area contributed by atoms with Crippen LogP contribution in [0.15, 0.2) is 53.7 Å². The highest BCUT2D eigenvalue weighted by molar-refractivity contribution is 7.99. The van der Waals surface area contributed by atoms with Crippen molar-refractivity contribution in [3.8, 4) is 11.5 Å². The van der Waals surface area contributed by atoms with Gasteiger partial charge >= 0.3 is 0 Å². The second-order valence-electron chi connectivity index (χ2n) is 4.87. The van der Waals surface area contributed by atoms with Crippen molar-refractivity contribution in [2.75, 3.05) is 12.4 Å². The fourth-order valence-corrected chi connectivity index (χ4v) is 3.17.